The minimum atomic E-state index is -0.401. The first kappa shape index (κ1) is 19.4. The van der Waals surface area contributed by atoms with Crippen LogP contribution in [0.2, 0.25) is 5.02 Å². The van der Waals surface area contributed by atoms with Crippen molar-refractivity contribution < 1.29 is 14.3 Å². The van der Waals surface area contributed by atoms with E-state index in [9.17, 15) is 9.59 Å². The zero-order valence-corrected chi connectivity index (χ0v) is 16.1. The fourth-order valence-corrected chi connectivity index (χ4v) is 3.36. The van der Waals surface area contributed by atoms with Gasteiger partial charge in [-0.15, -0.1) is 0 Å². The third-order valence-electron chi connectivity index (χ3n) is 4.75. The molecule has 0 unspecified atom stereocenters. The van der Waals surface area contributed by atoms with Gasteiger partial charge < -0.3 is 9.64 Å². The highest BCUT2D eigenvalue weighted by atomic mass is 35.5. The van der Waals surface area contributed by atoms with E-state index in [1.807, 2.05) is 29.2 Å². The van der Waals surface area contributed by atoms with Crippen LogP contribution >= 0.6 is 11.6 Å². The fraction of sp³-hybridized carbons (Fsp3) is 0.333. The van der Waals surface area contributed by atoms with Crippen LogP contribution in [0.4, 0.5) is 0 Å². The number of rotatable bonds is 4. The summed E-state index contributed by atoms with van der Waals surface area (Å²) in [5.74, 6) is -0.402. The first-order chi connectivity index (χ1) is 13.1. The van der Waals surface area contributed by atoms with E-state index in [0.29, 0.717) is 17.7 Å². The van der Waals surface area contributed by atoms with Gasteiger partial charge in [0.25, 0.3) is 5.91 Å². The van der Waals surface area contributed by atoms with Crippen LogP contribution in [0.25, 0.3) is 0 Å². The van der Waals surface area contributed by atoms with Crippen molar-refractivity contribution in [3.8, 4) is 0 Å². The number of halogens is 1. The summed E-state index contributed by atoms with van der Waals surface area (Å²) >= 11 is 5.94. The van der Waals surface area contributed by atoms with Gasteiger partial charge in [0.1, 0.15) is 0 Å². The van der Waals surface area contributed by atoms with Crippen LogP contribution in [0.3, 0.4) is 0 Å². The number of ether oxygens (including phenoxy) is 1. The molecule has 0 N–H and O–H groups in total. The van der Waals surface area contributed by atoms with Crippen molar-refractivity contribution in [3.05, 3.63) is 70.2 Å². The Hall–Kier alpha value is -2.37. The molecule has 1 saturated heterocycles. The summed E-state index contributed by atoms with van der Waals surface area (Å²) in [4.78, 5) is 28.5. The van der Waals surface area contributed by atoms with Crippen molar-refractivity contribution in [2.75, 3.05) is 33.3 Å². The Morgan fingerprint density at radius 1 is 0.926 bits per heavy atom. The molecule has 0 spiro atoms. The molecule has 1 fully saturated rings. The monoisotopic (exact) mass is 386 g/mol. The molecule has 0 aromatic heterocycles. The van der Waals surface area contributed by atoms with Gasteiger partial charge in [-0.25, -0.2) is 4.79 Å². The minimum Gasteiger partial charge on any atom is -0.465 e. The van der Waals surface area contributed by atoms with Crippen LogP contribution in [0.15, 0.2) is 48.5 Å². The van der Waals surface area contributed by atoms with Gasteiger partial charge in [0.05, 0.1) is 12.7 Å². The molecule has 2 aromatic rings. The summed E-state index contributed by atoms with van der Waals surface area (Å²) < 4.78 is 4.69. The average molecular weight is 387 g/mol. The maximum absolute atomic E-state index is 12.8. The Bertz CT molecular complexity index is 790. The number of hydrogen-bond donors (Lipinski definition) is 0. The molecular formula is C21H23ClN2O3. The molecule has 2 aromatic carbocycles. The highest BCUT2D eigenvalue weighted by Crippen LogP contribution is 2.15. The van der Waals surface area contributed by atoms with E-state index in [-0.39, 0.29) is 5.91 Å². The molecule has 3 rings (SSSR count). The normalized spacial score (nSPS) is 15.3. The smallest absolute Gasteiger partial charge is 0.337 e. The number of nitrogens with zero attached hydrogens (tertiary/aromatic N) is 2. The molecule has 1 aliphatic rings. The summed E-state index contributed by atoms with van der Waals surface area (Å²) in [7, 11) is 1.34. The van der Waals surface area contributed by atoms with Gasteiger partial charge in [0.15, 0.2) is 0 Å². The van der Waals surface area contributed by atoms with Gasteiger partial charge in [-0.05, 0) is 48.4 Å². The summed E-state index contributed by atoms with van der Waals surface area (Å²) in [6, 6.07) is 14.5. The van der Waals surface area contributed by atoms with Gasteiger partial charge in [-0.1, -0.05) is 23.7 Å². The Labute approximate surface area is 164 Å². The molecule has 0 radical (unpaired) electrons. The maximum atomic E-state index is 12.8. The van der Waals surface area contributed by atoms with E-state index in [1.165, 1.54) is 12.7 Å². The van der Waals surface area contributed by atoms with E-state index in [2.05, 4.69) is 9.64 Å². The quantitative estimate of drug-likeness (QED) is 0.755. The first-order valence-electron chi connectivity index (χ1n) is 9.01. The number of benzene rings is 2. The topological polar surface area (TPSA) is 49.9 Å². The summed E-state index contributed by atoms with van der Waals surface area (Å²) in [5, 5.41) is 0.740. The first-order valence-corrected chi connectivity index (χ1v) is 9.39. The molecule has 27 heavy (non-hydrogen) atoms. The van der Waals surface area contributed by atoms with Crippen molar-refractivity contribution in [1.82, 2.24) is 9.80 Å². The lowest BCUT2D eigenvalue weighted by Crippen LogP contribution is -2.35. The van der Waals surface area contributed by atoms with Gasteiger partial charge in [0, 0.05) is 43.3 Å². The van der Waals surface area contributed by atoms with Gasteiger partial charge >= 0.3 is 5.97 Å². The van der Waals surface area contributed by atoms with Crippen LogP contribution in [-0.4, -0.2) is 55.0 Å². The Balaban J connectivity index is 1.59. The lowest BCUT2D eigenvalue weighted by atomic mass is 10.1. The van der Waals surface area contributed by atoms with Gasteiger partial charge in [-0.2, -0.15) is 0 Å². The SMILES string of the molecule is COC(=O)c1ccc(C(=O)N2CCCN(Cc3ccc(Cl)cc3)CC2)cc1. The molecule has 1 aliphatic heterocycles. The highest BCUT2D eigenvalue weighted by molar-refractivity contribution is 6.30. The van der Waals surface area contributed by atoms with Crippen molar-refractivity contribution in [2.45, 2.75) is 13.0 Å². The zero-order chi connectivity index (χ0) is 19.2. The van der Waals surface area contributed by atoms with Crippen molar-refractivity contribution >= 4 is 23.5 Å². The molecule has 0 saturated carbocycles. The van der Waals surface area contributed by atoms with E-state index >= 15 is 0 Å². The Kier molecular flexibility index (Phi) is 6.48. The zero-order valence-electron chi connectivity index (χ0n) is 15.4. The number of carbonyl (C=O) groups is 2. The predicted octanol–water partition coefficient (Wildman–Crippen LogP) is 3.47. The highest BCUT2D eigenvalue weighted by Gasteiger charge is 2.20. The molecule has 1 heterocycles. The van der Waals surface area contributed by atoms with E-state index in [4.69, 9.17) is 11.6 Å². The summed E-state index contributed by atoms with van der Waals surface area (Å²) in [6.45, 7) is 4.05. The van der Waals surface area contributed by atoms with Crippen LogP contribution in [-0.2, 0) is 11.3 Å². The molecular weight excluding hydrogens is 364 g/mol. The van der Waals surface area contributed by atoms with E-state index in [1.54, 1.807) is 24.3 Å². The number of esters is 1. The fourth-order valence-electron chi connectivity index (χ4n) is 3.23. The number of methoxy groups -OCH3 is 1. The Morgan fingerprint density at radius 2 is 1.59 bits per heavy atom. The summed E-state index contributed by atoms with van der Waals surface area (Å²) in [5.41, 5.74) is 2.26. The third kappa shape index (κ3) is 5.08. The van der Waals surface area contributed by atoms with Crippen LogP contribution < -0.4 is 0 Å². The van der Waals surface area contributed by atoms with Crippen LogP contribution in [0.5, 0.6) is 0 Å². The summed E-state index contributed by atoms with van der Waals surface area (Å²) in [6.07, 6.45) is 0.930. The molecule has 6 heteroatoms. The van der Waals surface area contributed by atoms with Crippen LogP contribution in [0, 0.1) is 0 Å². The van der Waals surface area contributed by atoms with Crippen molar-refractivity contribution in [2.24, 2.45) is 0 Å². The predicted molar refractivity (Wildman–Crippen MR) is 105 cm³/mol. The molecule has 142 valence electrons. The second-order valence-electron chi connectivity index (χ2n) is 6.62. The second-order valence-corrected chi connectivity index (χ2v) is 7.05. The van der Waals surface area contributed by atoms with Gasteiger partial charge in [-0.3, -0.25) is 9.69 Å². The van der Waals surface area contributed by atoms with E-state index < -0.39 is 5.97 Å². The van der Waals surface area contributed by atoms with Gasteiger partial charge in [0.2, 0.25) is 0 Å². The number of hydrogen-bond acceptors (Lipinski definition) is 4. The van der Waals surface area contributed by atoms with E-state index in [0.717, 1.165) is 37.6 Å². The molecule has 5 nitrogen and oxygen atoms in total. The maximum Gasteiger partial charge on any atom is 0.337 e. The standard InChI is InChI=1S/C21H23ClN2O3/c1-27-21(26)18-7-5-17(6-8-18)20(25)24-12-2-11-23(13-14-24)15-16-3-9-19(22)10-4-16/h3-10H,2,11-15H2,1H3. The largest absolute Gasteiger partial charge is 0.465 e. The average Bonchev–Trinajstić information content (AvgIpc) is 2.94. The molecule has 0 aliphatic carbocycles. The number of carbonyl (C=O) groups excluding carboxylic acids is 2. The Morgan fingerprint density at radius 3 is 2.26 bits per heavy atom. The lowest BCUT2D eigenvalue weighted by Gasteiger charge is -2.22. The number of amides is 1. The second kappa shape index (κ2) is 9.02. The minimum absolute atomic E-state index is 0.000223. The lowest BCUT2D eigenvalue weighted by molar-refractivity contribution is 0.0599. The van der Waals surface area contributed by atoms with Crippen LogP contribution in [0.1, 0.15) is 32.7 Å². The molecule has 1 amide bonds. The van der Waals surface area contributed by atoms with Crippen molar-refractivity contribution in [3.63, 3.8) is 0 Å². The molecule has 0 bridgehead atoms. The van der Waals surface area contributed by atoms with Crippen molar-refractivity contribution in [1.29, 1.82) is 0 Å². The third-order valence-corrected chi connectivity index (χ3v) is 5.00. The molecule has 0 atom stereocenters.